The predicted molar refractivity (Wildman–Crippen MR) is 77.1 cm³/mol. The predicted octanol–water partition coefficient (Wildman–Crippen LogP) is 2.11. The molecule has 0 saturated heterocycles. The summed E-state index contributed by atoms with van der Waals surface area (Å²) < 4.78 is 7.42. The molecule has 0 unspecified atom stereocenters. The van der Waals surface area contributed by atoms with Crippen LogP contribution in [0.3, 0.4) is 0 Å². The number of hydrogen-bond donors (Lipinski definition) is 1. The molecule has 1 amide bonds. The highest BCUT2D eigenvalue weighted by atomic mass is 16.5. The van der Waals surface area contributed by atoms with Gasteiger partial charge >= 0.3 is 0 Å². The number of nitrogens with one attached hydrogen (secondary N) is 1. The van der Waals surface area contributed by atoms with Gasteiger partial charge in [-0.15, -0.1) is 0 Å². The Bertz CT molecular complexity index is 812. The van der Waals surface area contributed by atoms with Crippen molar-refractivity contribution in [3.8, 4) is 11.6 Å². The van der Waals surface area contributed by atoms with Crippen LogP contribution in [0.2, 0.25) is 0 Å². The average Bonchev–Trinajstić information content (AvgIpc) is 2.82. The third-order valence-corrected chi connectivity index (χ3v) is 2.86. The summed E-state index contributed by atoms with van der Waals surface area (Å²) in [6.45, 7) is 1.46. The molecule has 0 aliphatic rings. The van der Waals surface area contributed by atoms with Gasteiger partial charge in [0.2, 0.25) is 11.8 Å². The van der Waals surface area contributed by atoms with Crippen molar-refractivity contribution in [2.75, 3.05) is 5.32 Å². The Balaban J connectivity index is 1.93. The monoisotopic (exact) mass is 283 g/mol. The molecule has 0 bridgehead atoms. The molecule has 0 atom stereocenters. The second-order valence-electron chi connectivity index (χ2n) is 4.50. The van der Waals surface area contributed by atoms with Crippen molar-refractivity contribution in [3.63, 3.8) is 0 Å². The van der Waals surface area contributed by atoms with E-state index in [2.05, 4.69) is 20.4 Å². The van der Waals surface area contributed by atoms with Crippen molar-refractivity contribution in [2.45, 2.75) is 6.92 Å². The number of fused-ring (bicyclic) bond motifs is 1. The normalized spacial score (nSPS) is 10.6. The van der Waals surface area contributed by atoms with Gasteiger partial charge in [-0.05, 0) is 12.1 Å². The first-order chi connectivity index (χ1) is 10.1. The maximum absolute atomic E-state index is 11.1. The number of aryl methyl sites for hydroxylation is 1. The van der Waals surface area contributed by atoms with Gasteiger partial charge in [-0.2, -0.15) is 5.10 Å². The van der Waals surface area contributed by atoms with Crippen LogP contribution in [-0.4, -0.2) is 25.7 Å². The summed E-state index contributed by atoms with van der Waals surface area (Å²) >= 11 is 0. The minimum Gasteiger partial charge on any atom is -0.438 e. The molecule has 0 spiro atoms. The van der Waals surface area contributed by atoms with Crippen LogP contribution in [0.4, 0.5) is 5.69 Å². The number of ether oxygens (including phenoxy) is 1. The van der Waals surface area contributed by atoms with Gasteiger partial charge in [0.25, 0.3) is 0 Å². The molecule has 7 nitrogen and oxygen atoms in total. The molecule has 2 heterocycles. The van der Waals surface area contributed by atoms with E-state index in [9.17, 15) is 4.79 Å². The Morgan fingerprint density at radius 3 is 3.00 bits per heavy atom. The summed E-state index contributed by atoms with van der Waals surface area (Å²) in [6, 6.07) is 7.09. The Morgan fingerprint density at radius 1 is 1.33 bits per heavy atom. The van der Waals surface area contributed by atoms with Crippen LogP contribution in [0, 0.1) is 0 Å². The Labute approximate surface area is 120 Å². The van der Waals surface area contributed by atoms with E-state index >= 15 is 0 Å². The van der Waals surface area contributed by atoms with Gasteiger partial charge in [-0.3, -0.25) is 9.48 Å². The third-order valence-electron chi connectivity index (χ3n) is 2.86. The van der Waals surface area contributed by atoms with Crippen LogP contribution in [-0.2, 0) is 11.8 Å². The lowest BCUT2D eigenvalue weighted by Crippen LogP contribution is -2.05. The standard InChI is InChI=1S/C14H13N5O2/c1-9(20)18-10-4-3-5-11(6-10)21-14-12-7-17-19(2)13(12)15-8-16-14/h3-8H,1-2H3,(H,18,20). The summed E-state index contributed by atoms with van der Waals surface area (Å²) in [7, 11) is 1.80. The molecule has 3 aromatic rings. The molecule has 1 N–H and O–H groups in total. The number of amides is 1. The van der Waals surface area contributed by atoms with Crippen molar-refractivity contribution in [2.24, 2.45) is 7.05 Å². The fraction of sp³-hybridized carbons (Fsp3) is 0.143. The van der Waals surface area contributed by atoms with Crippen molar-refractivity contribution < 1.29 is 9.53 Å². The van der Waals surface area contributed by atoms with E-state index in [-0.39, 0.29) is 5.91 Å². The van der Waals surface area contributed by atoms with Gasteiger partial charge in [-0.25, -0.2) is 9.97 Å². The zero-order valence-electron chi connectivity index (χ0n) is 11.6. The maximum Gasteiger partial charge on any atom is 0.233 e. The second-order valence-corrected chi connectivity index (χ2v) is 4.50. The van der Waals surface area contributed by atoms with Gasteiger partial charge in [0.1, 0.15) is 17.5 Å². The summed E-state index contributed by atoms with van der Waals surface area (Å²) in [6.07, 6.45) is 3.08. The summed E-state index contributed by atoms with van der Waals surface area (Å²) in [5.74, 6) is 0.863. The van der Waals surface area contributed by atoms with Crippen molar-refractivity contribution in [1.82, 2.24) is 19.7 Å². The fourth-order valence-electron chi connectivity index (χ4n) is 1.97. The summed E-state index contributed by atoms with van der Waals surface area (Å²) in [4.78, 5) is 19.4. The van der Waals surface area contributed by atoms with Crippen LogP contribution in [0.5, 0.6) is 11.6 Å². The van der Waals surface area contributed by atoms with E-state index in [0.717, 1.165) is 5.39 Å². The van der Waals surface area contributed by atoms with E-state index in [0.29, 0.717) is 23.0 Å². The molecule has 2 aromatic heterocycles. The first kappa shape index (κ1) is 13.0. The zero-order valence-corrected chi connectivity index (χ0v) is 11.6. The SMILES string of the molecule is CC(=O)Nc1cccc(Oc2ncnc3c2cnn3C)c1. The maximum atomic E-state index is 11.1. The summed E-state index contributed by atoms with van der Waals surface area (Å²) in [5.41, 5.74) is 1.36. The molecule has 21 heavy (non-hydrogen) atoms. The molecule has 7 heteroatoms. The van der Waals surface area contributed by atoms with Gasteiger partial charge in [0.05, 0.1) is 6.20 Å². The van der Waals surface area contributed by atoms with Crippen molar-refractivity contribution >= 4 is 22.6 Å². The largest absolute Gasteiger partial charge is 0.438 e. The minimum atomic E-state index is -0.135. The summed E-state index contributed by atoms with van der Waals surface area (Å²) in [5, 5.41) is 7.56. The topological polar surface area (TPSA) is 81.9 Å². The lowest BCUT2D eigenvalue weighted by molar-refractivity contribution is -0.114. The highest BCUT2D eigenvalue weighted by Gasteiger charge is 2.10. The van der Waals surface area contributed by atoms with Crippen LogP contribution in [0.1, 0.15) is 6.92 Å². The minimum absolute atomic E-state index is 0.135. The molecule has 106 valence electrons. The first-order valence-electron chi connectivity index (χ1n) is 6.32. The zero-order chi connectivity index (χ0) is 14.8. The lowest BCUT2D eigenvalue weighted by Gasteiger charge is -2.07. The number of anilines is 1. The molecule has 3 rings (SSSR count). The first-order valence-corrected chi connectivity index (χ1v) is 6.32. The number of nitrogens with zero attached hydrogens (tertiary/aromatic N) is 4. The van der Waals surface area contributed by atoms with Crippen molar-refractivity contribution in [1.29, 1.82) is 0 Å². The molecule has 0 aliphatic carbocycles. The molecule has 0 radical (unpaired) electrons. The molecule has 1 aromatic carbocycles. The van der Waals surface area contributed by atoms with Gasteiger partial charge in [0.15, 0.2) is 5.65 Å². The molecule has 0 saturated carbocycles. The van der Waals surface area contributed by atoms with Crippen LogP contribution in [0.15, 0.2) is 36.8 Å². The number of aromatic nitrogens is 4. The van der Waals surface area contributed by atoms with E-state index in [1.807, 2.05) is 0 Å². The number of carbonyl (C=O) groups excluding carboxylic acids is 1. The van der Waals surface area contributed by atoms with Crippen LogP contribution < -0.4 is 10.1 Å². The number of carbonyl (C=O) groups is 1. The van der Waals surface area contributed by atoms with Gasteiger partial charge in [-0.1, -0.05) is 6.07 Å². The van der Waals surface area contributed by atoms with Gasteiger partial charge in [0, 0.05) is 25.7 Å². The Hall–Kier alpha value is -2.96. The highest BCUT2D eigenvalue weighted by molar-refractivity contribution is 5.88. The highest BCUT2D eigenvalue weighted by Crippen LogP contribution is 2.27. The van der Waals surface area contributed by atoms with Gasteiger partial charge < -0.3 is 10.1 Å². The Kier molecular flexibility index (Phi) is 3.23. The molecular formula is C14H13N5O2. The van der Waals surface area contributed by atoms with Crippen LogP contribution >= 0.6 is 0 Å². The molecule has 0 aliphatic heterocycles. The van der Waals surface area contributed by atoms with Crippen molar-refractivity contribution in [3.05, 3.63) is 36.8 Å². The van der Waals surface area contributed by atoms with Crippen LogP contribution in [0.25, 0.3) is 11.0 Å². The Morgan fingerprint density at radius 2 is 2.19 bits per heavy atom. The van der Waals surface area contributed by atoms with E-state index in [1.165, 1.54) is 13.3 Å². The fourth-order valence-corrected chi connectivity index (χ4v) is 1.97. The lowest BCUT2D eigenvalue weighted by atomic mass is 10.3. The number of benzene rings is 1. The van der Waals surface area contributed by atoms with E-state index in [1.54, 1.807) is 42.2 Å². The number of hydrogen-bond acceptors (Lipinski definition) is 5. The molecular weight excluding hydrogens is 270 g/mol. The van der Waals surface area contributed by atoms with E-state index < -0.39 is 0 Å². The smallest absolute Gasteiger partial charge is 0.233 e. The quantitative estimate of drug-likeness (QED) is 0.796. The number of rotatable bonds is 3. The van der Waals surface area contributed by atoms with E-state index in [4.69, 9.17) is 4.74 Å². The average molecular weight is 283 g/mol. The second kappa shape index (κ2) is 5.20. The molecule has 0 fully saturated rings. The third kappa shape index (κ3) is 2.66.